The lowest BCUT2D eigenvalue weighted by Gasteiger charge is -2.39. The Kier molecular flexibility index (Phi) is 16.6. The molecule has 0 aromatic heterocycles. The molecule has 3 nitrogen and oxygen atoms in total. The van der Waals surface area contributed by atoms with Crippen molar-refractivity contribution < 1.29 is 71.1 Å². The summed E-state index contributed by atoms with van der Waals surface area (Å²) in [5.41, 5.74) is 0. The fourth-order valence-electron chi connectivity index (χ4n) is 4.42. The standard InChI is InChI=1S/C28H43F13NO2/c1-4-22(43)44-21-17-13-9-7-5-6-8-11-15-19-42(2,3)20-16-12-10-14-18-23(29,30)24(31,32)25(33,34)26(35,36)27(37,38)28(39,40)41/h4H,1,5-21H2,2-3H3/q+1. The third-order valence-corrected chi connectivity index (χ3v) is 7.32. The van der Waals surface area contributed by atoms with Gasteiger partial charge in [-0.05, 0) is 38.5 Å². The highest BCUT2D eigenvalue weighted by Gasteiger charge is 2.90. The van der Waals surface area contributed by atoms with E-state index in [4.69, 9.17) is 4.74 Å². The highest BCUT2D eigenvalue weighted by molar-refractivity contribution is 5.81. The molecule has 16 heteroatoms. The van der Waals surface area contributed by atoms with Gasteiger partial charge >= 0.3 is 41.8 Å². The molecule has 0 aromatic carbocycles. The van der Waals surface area contributed by atoms with Crippen molar-refractivity contribution in [1.82, 2.24) is 0 Å². The number of hydrogen-bond donors (Lipinski definition) is 0. The molecular formula is C28H43F13NO2+. The molecule has 262 valence electrons. The fraction of sp³-hybridized carbons (Fsp3) is 0.893. The molecule has 0 aliphatic carbocycles. The average Bonchev–Trinajstić information content (AvgIpc) is 2.89. The predicted molar refractivity (Wildman–Crippen MR) is 138 cm³/mol. The van der Waals surface area contributed by atoms with E-state index in [1.807, 2.05) is 14.1 Å². The van der Waals surface area contributed by atoms with Crippen molar-refractivity contribution in [2.45, 2.75) is 126 Å². The molecular weight excluding hydrogens is 629 g/mol. The zero-order valence-electron chi connectivity index (χ0n) is 25.0. The molecule has 0 rings (SSSR count). The Balaban J connectivity index is 4.36. The van der Waals surface area contributed by atoms with Crippen molar-refractivity contribution in [3.05, 3.63) is 12.7 Å². The Morgan fingerprint density at radius 2 is 0.932 bits per heavy atom. The Labute approximate surface area is 249 Å². The minimum Gasteiger partial charge on any atom is -0.463 e. The largest absolute Gasteiger partial charge is 0.463 e. The number of rotatable bonds is 24. The van der Waals surface area contributed by atoms with Gasteiger partial charge in [0.05, 0.1) is 33.8 Å². The van der Waals surface area contributed by atoms with Gasteiger partial charge in [0.15, 0.2) is 0 Å². The first-order chi connectivity index (χ1) is 19.9. The lowest BCUT2D eigenvalue weighted by atomic mass is 9.91. The van der Waals surface area contributed by atoms with Crippen molar-refractivity contribution in [2.24, 2.45) is 0 Å². The predicted octanol–water partition coefficient (Wildman–Crippen LogP) is 9.99. The summed E-state index contributed by atoms with van der Waals surface area (Å²) in [5.74, 6) is -36.9. The number of alkyl halides is 13. The number of carbonyl (C=O) groups is 1. The van der Waals surface area contributed by atoms with Crippen LogP contribution in [0, 0.1) is 0 Å². The molecule has 0 fully saturated rings. The number of esters is 1. The van der Waals surface area contributed by atoms with E-state index < -0.39 is 54.6 Å². The Morgan fingerprint density at radius 1 is 0.568 bits per heavy atom. The lowest BCUT2D eigenvalue weighted by molar-refractivity contribution is -0.890. The van der Waals surface area contributed by atoms with E-state index in [1.165, 1.54) is 0 Å². The van der Waals surface area contributed by atoms with Crippen molar-refractivity contribution in [3.8, 4) is 0 Å². The van der Waals surface area contributed by atoms with Gasteiger partial charge in [-0.15, -0.1) is 0 Å². The Bertz CT molecular complexity index is 859. The molecule has 0 aliphatic heterocycles. The zero-order valence-corrected chi connectivity index (χ0v) is 25.0. The highest BCUT2D eigenvalue weighted by Crippen LogP contribution is 2.60. The lowest BCUT2D eigenvalue weighted by Crippen LogP contribution is -2.70. The van der Waals surface area contributed by atoms with E-state index in [2.05, 4.69) is 6.58 Å². The number of carbonyl (C=O) groups excluding carboxylic acids is 1. The maximum absolute atomic E-state index is 13.9. The molecule has 0 N–H and O–H groups in total. The van der Waals surface area contributed by atoms with E-state index in [-0.39, 0.29) is 12.8 Å². The molecule has 0 amide bonds. The molecule has 44 heavy (non-hydrogen) atoms. The summed E-state index contributed by atoms with van der Waals surface area (Å²) < 4.78 is 177. The summed E-state index contributed by atoms with van der Waals surface area (Å²) in [7, 11) is 3.83. The monoisotopic (exact) mass is 672 g/mol. The summed E-state index contributed by atoms with van der Waals surface area (Å²) in [5, 5.41) is 0. The Morgan fingerprint density at radius 3 is 1.34 bits per heavy atom. The number of nitrogens with zero attached hydrogens (tertiary/aromatic N) is 1. The molecule has 0 atom stereocenters. The van der Waals surface area contributed by atoms with Gasteiger partial charge in [-0.3, -0.25) is 0 Å². The van der Waals surface area contributed by atoms with Crippen LogP contribution >= 0.6 is 0 Å². The second-order valence-corrected chi connectivity index (χ2v) is 11.6. The fourth-order valence-corrected chi connectivity index (χ4v) is 4.42. The molecule has 0 saturated heterocycles. The van der Waals surface area contributed by atoms with Gasteiger partial charge in [-0.1, -0.05) is 51.5 Å². The molecule has 0 saturated carbocycles. The van der Waals surface area contributed by atoms with Crippen LogP contribution in [0.4, 0.5) is 57.1 Å². The summed E-state index contributed by atoms with van der Waals surface area (Å²) >= 11 is 0. The summed E-state index contributed by atoms with van der Waals surface area (Å²) in [6.07, 6.45) is 0.0685. The molecule has 0 spiro atoms. The second kappa shape index (κ2) is 17.3. The van der Waals surface area contributed by atoms with Gasteiger partial charge < -0.3 is 9.22 Å². The van der Waals surface area contributed by atoms with Crippen molar-refractivity contribution in [1.29, 1.82) is 0 Å². The van der Waals surface area contributed by atoms with Crippen LogP contribution in [0.1, 0.15) is 89.9 Å². The molecule has 0 radical (unpaired) electrons. The smallest absolute Gasteiger partial charge is 0.460 e. The molecule has 0 heterocycles. The molecule has 0 aromatic rings. The minimum absolute atomic E-state index is 0.179. The van der Waals surface area contributed by atoms with Gasteiger partial charge in [0.2, 0.25) is 0 Å². The third-order valence-electron chi connectivity index (χ3n) is 7.32. The van der Waals surface area contributed by atoms with E-state index in [1.54, 1.807) is 0 Å². The number of halogens is 13. The maximum Gasteiger partial charge on any atom is 0.460 e. The van der Waals surface area contributed by atoms with Crippen molar-refractivity contribution in [2.75, 3.05) is 33.8 Å². The summed E-state index contributed by atoms with van der Waals surface area (Å²) in [4.78, 5) is 10.9. The van der Waals surface area contributed by atoms with E-state index >= 15 is 0 Å². The van der Waals surface area contributed by atoms with E-state index in [0.717, 1.165) is 70.4 Å². The number of ether oxygens (including phenoxy) is 1. The number of hydrogen-bond acceptors (Lipinski definition) is 2. The van der Waals surface area contributed by atoms with Gasteiger partial charge in [-0.25, -0.2) is 4.79 Å². The SMILES string of the molecule is C=CC(=O)OCCCCCCCCCCC[N+](C)(C)CCCCCCC(F)(F)C(F)(F)C(F)(F)C(F)(F)C(F)(F)C(F)(F)F. The zero-order chi connectivity index (χ0) is 34.5. The van der Waals surface area contributed by atoms with Gasteiger partial charge in [-0.2, -0.15) is 57.1 Å². The van der Waals surface area contributed by atoms with Crippen molar-refractivity contribution >= 4 is 5.97 Å². The number of unbranched alkanes of at least 4 members (excludes halogenated alkanes) is 11. The van der Waals surface area contributed by atoms with Crippen LogP contribution in [0.3, 0.4) is 0 Å². The topological polar surface area (TPSA) is 26.3 Å². The third kappa shape index (κ3) is 11.9. The van der Waals surface area contributed by atoms with Crippen LogP contribution in [-0.4, -0.2) is 80.0 Å². The van der Waals surface area contributed by atoms with Crippen LogP contribution < -0.4 is 0 Å². The molecule has 0 bridgehead atoms. The minimum atomic E-state index is -7.85. The van der Waals surface area contributed by atoms with Crippen LogP contribution in [0.2, 0.25) is 0 Å². The first-order valence-electron chi connectivity index (χ1n) is 14.5. The van der Waals surface area contributed by atoms with E-state index in [9.17, 15) is 61.9 Å². The van der Waals surface area contributed by atoms with Gasteiger partial charge in [0.25, 0.3) is 0 Å². The summed E-state index contributed by atoms with van der Waals surface area (Å²) in [6.45, 7) is 5.04. The van der Waals surface area contributed by atoms with Crippen molar-refractivity contribution in [3.63, 3.8) is 0 Å². The maximum atomic E-state index is 13.9. The first kappa shape index (κ1) is 42.3. The average molecular weight is 673 g/mol. The van der Waals surface area contributed by atoms with Gasteiger partial charge in [0, 0.05) is 12.5 Å². The van der Waals surface area contributed by atoms with Crippen LogP contribution in [0.5, 0.6) is 0 Å². The normalized spacial score (nSPS) is 14.2. The van der Waals surface area contributed by atoms with Crippen LogP contribution in [-0.2, 0) is 9.53 Å². The van der Waals surface area contributed by atoms with E-state index in [0.29, 0.717) is 24.1 Å². The van der Waals surface area contributed by atoms with Gasteiger partial charge in [0.1, 0.15) is 0 Å². The van der Waals surface area contributed by atoms with Crippen LogP contribution in [0.15, 0.2) is 12.7 Å². The Hall–Kier alpha value is -1.74. The van der Waals surface area contributed by atoms with Crippen LogP contribution in [0.25, 0.3) is 0 Å². The first-order valence-corrected chi connectivity index (χ1v) is 14.5. The highest BCUT2D eigenvalue weighted by atomic mass is 19.4. The molecule has 0 aliphatic rings. The second-order valence-electron chi connectivity index (χ2n) is 11.6. The summed E-state index contributed by atoms with van der Waals surface area (Å²) in [6, 6.07) is 0. The molecule has 0 unspecified atom stereocenters. The quantitative estimate of drug-likeness (QED) is 0.0336. The number of quaternary nitrogens is 1.